The van der Waals surface area contributed by atoms with E-state index in [-0.39, 0.29) is 12.3 Å². The van der Waals surface area contributed by atoms with Crippen molar-refractivity contribution < 1.29 is 18.9 Å². The van der Waals surface area contributed by atoms with Crippen LogP contribution in [0.2, 0.25) is 0 Å². The number of amides is 1. The van der Waals surface area contributed by atoms with Crippen LogP contribution in [0.4, 0.5) is 5.69 Å². The predicted octanol–water partition coefficient (Wildman–Crippen LogP) is 2.49. The van der Waals surface area contributed by atoms with Gasteiger partial charge in [0.2, 0.25) is 5.78 Å². The fourth-order valence-corrected chi connectivity index (χ4v) is 2.75. The number of benzene rings is 1. The summed E-state index contributed by atoms with van der Waals surface area (Å²) in [6.07, 6.45) is 1.48. The molecule has 6 nitrogen and oxygen atoms in total. The van der Waals surface area contributed by atoms with Gasteiger partial charge in [-0.05, 0) is 12.1 Å². The minimum atomic E-state index is -0.896. The van der Waals surface area contributed by atoms with Crippen LogP contribution < -0.4 is 4.90 Å². The molecule has 1 aromatic carbocycles. The first-order chi connectivity index (χ1) is 11.3. The molecule has 1 saturated heterocycles. The Morgan fingerprint density at radius 2 is 1.83 bits per heavy atom. The summed E-state index contributed by atoms with van der Waals surface area (Å²) in [6.45, 7) is 5.35. The second-order valence-corrected chi connectivity index (χ2v) is 6.88. The van der Waals surface area contributed by atoms with Crippen molar-refractivity contribution in [2.45, 2.75) is 20.8 Å². The number of anilines is 1. The molecule has 1 aliphatic rings. The number of aromatic nitrogens is 1. The maximum Gasteiger partial charge on any atom is 0.295 e. The Bertz CT molecular complexity index is 785. The number of carbonyl (C=O) groups excluding carboxylic acids is 3. The lowest BCUT2D eigenvalue weighted by Crippen LogP contribution is -2.33. The first-order valence-electron chi connectivity index (χ1n) is 7.70. The van der Waals surface area contributed by atoms with Crippen molar-refractivity contribution in [1.29, 1.82) is 0 Å². The third-order valence-corrected chi connectivity index (χ3v) is 4.11. The van der Waals surface area contributed by atoms with Crippen LogP contribution in [0.25, 0.3) is 11.3 Å². The number of hydrogen-bond donors (Lipinski definition) is 0. The van der Waals surface area contributed by atoms with Crippen LogP contribution in [0.3, 0.4) is 0 Å². The fourth-order valence-electron chi connectivity index (χ4n) is 2.75. The Morgan fingerprint density at radius 1 is 1.17 bits per heavy atom. The summed E-state index contributed by atoms with van der Waals surface area (Å²) in [4.78, 5) is 38.2. The van der Waals surface area contributed by atoms with E-state index in [0.29, 0.717) is 11.4 Å². The maximum absolute atomic E-state index is 12.4. The van der Waals surface area contributed by atoms with Gasteiger partial charge >= 0.3 is 0 Å². The van der Waals surface area contributed by atoms with Crippen LogP contribution in [0.5, 0.6) is 0 Å². The molecule has 1 aliphatic heterocycles. The molecule has 3 rings (SSSR count). The van der Waals surface area contributed by atoms with Gasteiger partial charge in [0.1, 0.15) is 17.9 Å². The SMILES string of the molecule is CC(C)(C)C(=O)C1CN(c2ccc(-c3ccon3)cc2)C(=O)C1=O. The first-order valence-corrected chi connectivity index (χ1v) is 7.70. The first kappa shape index (κ1) is 16.1. The van der Waals surface area contributed by atoms with E-state index in [1.165, 1.54) is 11.2 Å². The third-order valence-electron chi connectivity index (χ3n) is 4.11. The summed E-state index contributed by atoms with van der Waals surface area (Å²) in [5.41, 5.74) is 1.46. The van der Waals surface area contributed by atoms with E-state index in [4.69, 9.17) is 4.52 Å². The van der Waals surface area contributed by atoms with Crippen LogP contribution in [-0.4, -0.2) is 29.2 Å². The Balaban J connectivity index is 1.84. The van der Waals surface area contributed by atoms with E-state index in [1.807, 2.05) is 0 Å². The van der Waals surface area contributed by atoms with Crippen molar-refractivity contribution in [2.75, 3.05) is 11.4 Å². The predicted molar refractivity (Wildman–Crippen MR) is 87.3 cm³/mol. The molecule has 124 valence electrons. The molecule has 2 aromatic rings. The lowest BCUT2D eigenvalue weighted by Gasteiger charge is -2.20. The summed E-state index contributed by atoms with van der Waals surface area (Å²) in [5, 5.41) is 3.85. The molecule has 2 heterocycles. The Labute approximate surface area is 139 Å². The van der Waals surface area contributed by atoms with E-state index < -0.39 is 23.0 Å². The van der Waals surface area contributed by atoms with Gasteiger partial charge in [0.05, 0.1) is 0 Å². The van der Waals surface area contributed by atoms with Crippen molar-refractivity contribution in [3.8, 4) is 11.3 Å². The van der Waals surface area contributed by atoms with Gasteiger partial charge in [-0.15, -0.1) is 0 Å². The number of rotatable bonds is 3. The summed E-state index contributed by atoms with van der Waals surface area (Å²) < 4.78 is 4.81. The van der Waals surface area contributed by atoms with E-state index in [2.05, 4.69) is 5.16 Å². The summed E-state index contributed by atoms with van der Waals surface area (Å²) in [5.74, 6) is -2.36. The Hall–Kier alpha value is -2.76. The average molecular weight is 326 g/mol. The molecule has 24 heavy (non-hydrogen) atoms. The minimum Gasteiger partial charge on any atom is -0.364 e. The largest absolute Gasteiger partial charge is 0.364 e. The molecular weight excluding hydrogens is 308 g/mol. The molecule has 6 heteroatoms. The molecule has 0 aliphatic carbocycles. The standard InChI is InChI=1S/C18H18N2O4/c1-18(2,3)16(22)13-10-20(17(23)15(13)21)12-6-4-11(5-7-12)14-8-9-24-19-14/h4-9,13H,10H2,1-3H3. The van der Waals surface area contributed by atoms with Crippen LogP contribution in [0.15, 0.2) is 41.1 Å². The minimum absolute atomic E-state index is 0.0943. The van der Waals surface area contributed by atoms with Crippen LogP contribution >= 0.6 is 0 Å². The van der Waals surface area contributed by atoms with Gasteiger partial charge in [-0.3, -0.25) is 14.4 Å². The van der Waals surface area contributed by atoms with Crippen LogP contribution in [0, 0.1) is 11.3 Å². The highest BCUT2D eigenvalue weighted by atomic mass is 16.5. The van der Waals surface area contributed by atoms with E-state index in [0.717, 1.165) is 5.56 Å². The average Bonchev–Trinajstić information content (AvgIpc) is 3.16. The number of nitrogens with zero attached hydrogens (tertiary/aromatic N) is 2. The van der Waals surface area contributed by atoms with Gasteiger partial charge in [-0.2, -0.15) is 0 Å². The van der Waals surface area contributed by atoms with Crippen molar-refractivity contribution >= 4 is 23.2 Å². The molecule has 1 amide bonds. The molecule has 1 aromatic heterocycles. The highest BCUT2D eigenvalue weighted by Gasteiger charge is 2.46. The molecule has 1 fully saturated rings. The lowest BCUT2D eigenvalue weighted by molar-refractivity contribution is -0.141. The third kappa shape index (κ3) is 2.75. The normalized spacial score (nSPS) is 18.3. The quantitative estimate of drug-likeness (QED) is 0.639. The fraction of sp³-hybridized carbons (Fsp3) is 0.333. The monoisotopic (exact) mass is 326 g/mol. The highest BCUT2D eigenvalue weighted by Crippen LogP contribution is 2.30. The molecule has 0 bridgehead atoms. The van der Waals surface area contributed by atoms with E-state index in [1.54, 1.807) is 51.1 Å². The molecule has 1 atom stereocenters. The highest BCUT2D eigenvalue weighted by molar-refractivity contribution is 6.47. The van der Waals surface area contributed by atoms with Gasteiger partial charge in [0, 0.05) is 29.3 Å². The summed E-state index contributed by atoms with van der Waals surface area (Å²) in [7, 11) is 0. The maximum atomic E-state index is 12.4. The van der Waals surface area contributed by atoms with E-state index >= 15 is 0 Å². The molecule has 0 radical (unpaired) electrons. The number of Topliss-reactive ketones (excluding diaryl/α,β-unsaturated/α-hetero) is 2. The second-order valence-electron chi connectivity index (χ2n) is 6.88. The summed E-state index contributed by atoms with van der Waals surface area (Å²) in [6, 6.07) is 8.80. The van der Waals surface area contributed by atoms with Gasteiger partial charge in [0.25, 0.3) is 5.91 Å². The van der Waals surface area contributed by atoms with Crippen LogP contribution in [-0.2, 0) is 14.4 Å². The number of hydrogen-bond acceptors (Lipinski definition) is 5. The van der Waals surface area contributed by atoms with Gasteiger partial charge in [0.15, 0.2) is 5.78 Å². The zero-order valence-electron chi connectivity index (χ0n) is 13.8. The van der Waals surface area contributed by atoms with E-state index in [9.17, 15) is 14.4 Å². The van der Waals surface area contributed by atoms with Gasteiger partial charge < -0.3 is 9.42 Å². The van der Waals surface area contributed by atoms with Crippen molar-refractivity contribution in [3.05, 3.63) is 36.6 Å². The topological polar surface area (TPSA) is 80.5 Å². The van der Waals surface area contributed by atoms with Crippen molar-refractivity contribution in [1.82, 2.24) is 5.16 Å². The van der Waals surface area contributed by atoms with Crippen LogP contribution in [0.1, 0.15) is 20.8 Å². The smallest absolute Gasteiger partial charge is 0.295 e. The number of ketones is 2. The van der Waals surface area contributed by atoms with Crippen molar-refractivity contribution in [2.24, 2.45) is 11.3 Å². The Morgan fingerprint density at radius 3 is 2.38 bits per heavy atom. The van der Waals surface area contributed by atoms with Gasteiger partial charge in [-0.1, -0.05) is 38.1 Å². The summed E-state index contributed by atoms with van der Waals surface area (Å²) >= 11 is 0. The molecule has 1 unspecified atom stereocenters. The molecule has 0 N–H and O–H groups in total. The lowest BCUT2D eigenvalue weighted by atomic mass is 9.82. The Kier molecular flexibility index (Phi) is 3.83. The zero-order valence-corrected chi connectivity index (χ0v) is 13.8. The second kappa shape index (κ2) is 5.70. The zero-order chi connectivity index (χ0) is 17.5. The molecule has 0 saturated carbocycles. The molecule has 0 spiro atoms. The molecular formula is C18H18N2O4. The number of carbonyl (C=O) groups is 3. The van der Waals surface area contributed by atoms with Crippen molar-refractivity contribution in [3.63, 3.8) is 0 Å². The van der Waals surface area contributed by atoms with Gasteiger partial charge in [-0.25, -0.2) is 0 Å².